The molecule has 0 aliphatic carbocycles. The zero-order valence-corrected chi connectivity index (χ0v) is 9.27. The summed E-state index contributed by atoms with van der Waals surface area (Å²) in [6.45, 7) is 0. The molecule has 76 valence electrons. The highest BCUT2D eigenvalue weighted by atomic mass is 79.9. The average Bonchev–Trinajstić information content (AvgIpc) is 2.27. The molecule has 4 heteroatoms. The number of alkyl halides is 1. The summed E-state index contributed by atoms with van der Waals surface area (Å²) in [5.41, 5.74) is 0.680. The van der Waals surface area contributed by atoms with Gasteiger partial charge in [0.05, 0.1) is 7.11 Å². The third-order valence-corrected chi connectivity index (χ3v) is 2.72. The second kappa shape index (κ2) is 5.12. The lowest BCUT2D eigenvalue weighted by molar-refractivity contribution is -0.141. The maximum absolute atomic E-state index is 11.1. The number of methoxy groups -OCH3 is 1. The Morgan fingerprint density at radius 3 is 2.50 bits per heavy atom. The number of esters is 1. The predicted octanol–water partition coefficient (Wildman–Crippen LogP) is 1.66. The van der Waals surface area contributed by atoms with Crippen LogP contribution in [0.5, 0.6) is 0 Å². The second-order valence-corrected chi connectivity index (χ2v) is 3.77. The summed E-state index contributed by atoms with van der Waals surface area (Å²) in [7, 11) is 1.29. The molecule has 1 N–H and O–H groups in total. The van der Waals surface area contributed by atoms with Crippen molar-refractivity contribution < 1.29 is 14.6 Å². The quantitative estimate of drug-likeness (QED) is 0.663. The molecule has 0 saturated carbocycles. The van der Waals surface area contributed by atoms with Crippen molar-refractivity contribution in [3.63, 3.8) is 0 Å². The number of carbonyl (C=O) groups excluding carboxylic acids is 1. The van der Waals surface area contributed by atoms with Gasteiger partial charge in [-0.25, -0.2) is 0 Å². The van der Waals surface area contributed by atoms with Crippen molar-refractivity contribution in [3.8, 4) is 0 Å². The van der Waals surface area contributed by atoms with Crippen molar-refractivity contribution in [2.75, 3.05) is 7.11 Å². The number of hydrogen-bond acceptors (Lipinski definition) is 3. The number of benzene rings is 1. The van der Waals surface area contributed by atoms with E-state index in [1.54, 1.807) is 24.3 Å². The minimum absolute atomic E-state index is 0.485. The number of ether oxygens (including phenoxy) is 1. The molecule has 14 heavy (non-hydrogen) atoms. The van der Waals surface area contributed by atoms with Gasteiger partial charge < -0.3 is 9.84 Å². The van der Waals surface area contributed by atoms with Crippen LogP contribution in [0, 0.1) is 0 Å². The largest absolute Gasteiger partial charge is 0.468 e. The topological polar surface area (TPSA) is 46.5 Å². The molecule has 0 aromatic heterocycles. The average molecular weight is 259 g/mol. The lowest BCUT2D eigenvalue weighted by Gasteiger charge is -2.15. The number of aliphatic hydroxyl groups excluding tert-OH is 1. The summed E-state index contributed by atoms with van der Waals surface area (Å²) in [6.07, 6.45) is -0.886. The van der Waals surface area contributed by atoms with Gasteiger partial charge in [0.2, 0.25) is 0 Å². The van der Waals surface area contributed by atoms with Gasteiger partial charge in [-0.1, -0.05) is 46.3 Å². The number of carbonyl (C=O) groups is 1. The van der Waals surface area contributed by atoms with Crippen molar-refractivity contribution in [2.45, 2.75) is 10.9 Å². The van der Waals surface area contributed by atoms with E-state index in [1.165, 1.54) is 7.11 Å². The standard InChI is InChI=1S/C10H11BrO3/c1-14-10(13)8(11)9(12)7-5-3-2-4-6-7/h2-6,8-9,12H,1H3. The first-order valence-electron chi connectivity index (χ1n) is 4.11. The van der Waals surface area contributed by atoms with Crippen LogP contribution in [0.15, 0.2) is 30.3 Å². The third kappa shape index (κ3) is 2.56. The van der Waals surface area contributed by atoms with Gasteiger partial charge in [0.25, 0.3) is 0 Å². The van der Waals surface area contributed by atoms with Crippen LogP contribution >= 0.6 is 15.9 Å². The number of rotatable bonds is 3. The van der Waals surface area contributed by atoms with E-state index in [9.17, 15) is 9.90 Å². The molecule has 0 spiro atoms. The van der Waals surface area contributed by atoms with Crippen molar-refractivity contribution in [1.82, 2.24) is 0 Å². The molecule has 0 bridgehead atoms. The molecule has 0 heterocycles. The maximum Gasteiger partial charge on any atom is 0.322 e. The van der Waals surface area contributed by atoms with Gasteiger partial charge in [-0.15, -0.1) is 0 Å². The van der Waals surface area contributed by atoms with Gasteiger partial charge in [0.15, 0.2) is 0 Å². The van der Waals surface area contributed by atoms with Crippen molar-refractivity contribution in [1.29, 1.82) is 0 Å². The van der Waals surface area contributed by atoms with E-state index in [0.29, 0.717) is 5.56 Å². The van der Waals surface area contributed by atoms with E-state index in [2.05, 4.69) is 20.7 Å². The van der Waals surface area contributed by atoms with E-state index in [1.807, 2.05) is 6.07 Å². The molecular weight excluding hydrogens is 248 g/mol. The molecule has 0 fully saturated rings. The fourth-order valence-electron chi connectivity index (χ4n) is 1.06. The highest BCUT2D eigenvalue weighted by Gasteiger charge is 2.25. The lowest BCUT2D eigenvalue weighted by atomic mass is 10.1. The molecule has 2 atom stereocenters. The lowest BCUT2D eigenvalue weighted by Crippen LogP contribution is -2.23. The van der Waals surface area contributed by atoms with E-state index >= 15 is 0 Å². The predicted molar refractivity (Wildman–Crippen MR) is 56.1 cm³/mol. The van der Waals surface area contributed by atoms with E-state index in [0.717, 1.165) is 0 Å². The molecule has 1 rings (SSSR count). The number of hydrogen-bond donors (Lipinski definition) is 1. The monoisotopic (exact) mass is 258 g/mol. The van der Waals surface area contributed by atoms with Crippen LogP contribution in [-0.2, 0) is 9.53 Å². The molecule has 2 unspecified atom stereocenters. The van der Waals surface area contributed by atoms with Gasteiger partial charge in [-0.2, -0.15) is 0 Å². The molecule has 0 amide bonds. The van der Waals surface area contributed by atoms with Gasteiger partial charge >= 0.3 is 5.97 Å². The van der Waals surface area contributed by atoms with Gasteiger partial charge in [-0.3, -0.25) is 4.79 Å². The first-order chi connectivity index (χ1) is 6.66. The van der Waals surface area contributed by atoms with Gasteiger partial charge in [0, 0.05) is 0 Å². The Morgan fingerprint density at radius 1 is 1.43 bits per heavy atom. The summed E-state index contributed by atoms with van der Waals surface area (Å²) in [5, 5.41) is 9.74. The fourth-order valence-corrected chi connectivity index (χ4v) is 1.55. The maximum atomic E-state index is 11.1. The van der Waals surface area contributed by atoms with Crippen LogP contribution < -0.4 is 0 Å². The normalized spacial score (nSPS) is 14.5. The fraction of sp³-hybridized carbons (Fsp3) is 0.300. The van der Waals surface area contributed by atoms with Gasteiger partial charge in [0.1, 0.15) is 10.9 Å². The van der Waals surface area contributed by atoms with E-state index in [-0.39, 0.29) is 0 Å². The smallest absolute Gasteiger partial charge is 0.322 e. The van der Waals surface area contributed by atoms with Gasteiger partial charge in [-0.05, 0) is 5.56 Å². The van der Waals surface area contributed by atoms with Crippen molar-refractivity contribution in [2.24, 2.45) is 0 Å². The summed E-state index contributed by atoms with van der Waals surface area (Å²) in [5.74, 6) is -0.485. The Labute approximate surface area is 90.8 Å². The molecule has 0 saturated heterocycles. The molecular formula is C10H11BrO3. The second-order valence-electron chi connectivity index (χ2n) is 2.78. The summed E-state index contributed by atoms with van der Waals surface area (Å²) < 4.78 is 4.51. The Kier molecular flexibility index (Phi) is 4.10. The molecule has 3 nitrogen and oxygen atoms in total. The van der Waals surface area contributed by atoms with Crippen LogP contribution in [0.2, 0.25) is 0 Å². The minimum Gasteiger partial charge on any atom is -0.468 e. The third-order valence-electron chi connectivity index (χ3n) is 1.84. The molecule has 1 aromatic rings. The van der Waals surface area contributed by atoms with E-state index in [4.69, 9.17) is 0 Å². The Morgan fingerprint density at radius 2 is 2.00 bits per heavy atom. The first-order valence-corrected chi connectivity index (χ1v) is 5.03. The Bertz CT molecular complexity index is 299. The molecule has 1 aromatic carbocycles. The molecule has 0 radical (unpaired) electrons. The number of aliphatic hydroxyl groups is 1. The van der Waals surface area contributed by atoms with Crippen molar-refractivity contribution in [3.05, 3.63) is 35.9 Å². The molecule has 0 aliphatic heterocycles. The number of halogens is 1. The minimum atomic E-state index is -0.886. The van der Waals surface area contributed by atoms with Crippen molar-refractivity contribution >= 4 is 21.9 Å². The first kappa shape index (κ1) is 11.2. The van der Waals surface area contributed by atoms with Crippen LogP contribution in [-0.4, -0.2) is 23.0 Å². The van der Waals surface area contributed by atoms with Crippen LogP contribution in [0.1, 0.15) is 11.7 Å². The van der Waals surface area contributed by atoms with E-state index < -0.39 is 16.9 Å². The summed E-state index contributed by atoms with van der Waals surface area (Å²) >= 11 is 3.08. The zero-order valence-electron chi connectivity index (χ0n) is 7.68. The zero-order chi connectivity index (χ0) is 10.6. The van der Waals surface area contributed by atoms with Crippen LogP contribution in [0.3, 0.4) is 0 Å². The van der Waals surface area contributed by atoms with Crippen LogP contribution in [0.4, 0.5) is 0 Å². The SMILES string of the molecule is COC(=O)C(Br)C(O)c1ccccc1. The Hall–Kier alpha value is -0.870. The highest BCUT2D eigenvalue weighted by Crippen LogP contribution is 2.22. The summed E-state index contributed by atoms with van der Waals surface area (Å²) in [6, 6.07) is 8.95. The Balaban J connectivity index is 2.75. The summed E-state index contributed by atoms with van der Waals surface area (Å²) in [4.78, 5) is 10.4. The highest BCUT2D eigenvalue weighted by molar-refractivity contribution is 9.10. The molecule has 0 aliphatic rings. The van der Waals surface area contributed by atoms with Crippen LogP contribution in [0.25, 0.3) is 0 Å².